The number of carbonyl (C=O) groups is 1. The van der Waals surface area contributed by atoms with Crippen LogP contribution in [-0.2, 0) is 11.2 Å². The number of hydrogen-bond acceptors (Lipinski definition) is 2. The molecule has 0 bridgehead atoms. The van der Waals surface area contributed by atoms with E-state index in [1.165, 1.54) is 5.56 Å². The lowest BCUT2D eigenvalue weighted by atomic mass is 9.96. The lowest BCUT2D eigenvalue weighted by Crippen LogP contribution is -2.37. The zero-order valence-corrected chi connectivity index (χ0v) is 16.7. The smallest absolute Gasteiger partial charge is 0.407 e. The molecule has 1 aromatic rings. The van der Waals surface area contributed by atoms with Gasteiger partial charge in [0.15, 0.2) is 13.2 Å². The monoisotopic (exact) mass is 370 g/mol. The van der Waals surface area contributed by atoms with Crippen LogP contribution in [0.15, 0.2) is 54.6 Å². The second-order valence-electron chi connectivity index (χ2n) is 8.80. The molecule has 0 aromatic heterocycles. The second kappa shape index (κ2) is 8.30. The van der Waals surface area contributed by atoms with Crippen LogP contribution in [0.1, 0.15) is 39.2 Å². The predicted molar refractivity (Wildman–Crippen MR) is 109 cm³/mol. The van der Waals surface area contributed by atoms with Crippen molar-refractivity contribution < 1.29 is 14.3 Å². The van der Waals surface area contributed by atoms with Gasteiger partial charge in [0.1, 0.15) is 5.60 Å². The fourth-order valence-corrected chi connectivity index (χ4v) is 3.65. The average molecular weight is 371 g/mol. The van der Waals surface area contributed by atoms with Gasteiger partial charge in [-0.3, -0.25) is 0 Å². The normalized spacial score (nSPS) is 26.6. The maximum Gasteiger partial charge on any atom is 0.407 e. The highest BCUT2D eigenvalue weighted by molar-refractivity contribution is 5.69. The number of nitrogens with one attached hydrogen (secondary N) is 1. The van der Waals surface area contributed by atoms with Crippen LogP contribution in [0.25, 0.3) is 0 Å². The molecular weight excluding hydrogens is 338 g/mol. The first-order valence-electron chi connectivity index (χ1n) is 9.86. The topological polar surface area (TPSA) is 51.1 Å². The fraction of sp³-hybridized carbons (Fsp3) is 0.522. The molecule has 3 unspecified atom stereocenters. The summed E-state index contributed by atoms with van der Waals surface area (Å²) >= 11 is 0. The Labute approximate surface area is 162 Å². The van der Waals surface area contributed by atoms with Crippen molar-refractivity contribution in [3.63, 3.8) is 0 Å². The molecule has 3 atom stereocenters. The zero-order chi connectivity index (χ0) is 19.3. The summed E-state index contributed by atoms with van der Waals surface area (Å²) in [4.78, 5) is 12.2. The largest absolute Gasteiger partial charge is 0.444 e. The van der Waals surface area contributed by atoms with Crippen molar-refractivity contribution >= 4 is 6.09 Å². The van der Waals surface area contributed by atoms with Crippen molar-refractivity contribution in [1.82, 2.24) is 5.32 Å². The molecule has 2 aliphatic carbocycles. The molecule has 27 heavy (non-hydrogen) atoms. The van der Waals surface area contributed by atoms with E-state index in [2.05, 4.69) is 53.9 Å². The number of carbonyl (C=O) groups excluding carboxylic acids is 1. The first-order chi connectivity index (χ1) is 12.9. The van der Waals surface area contributed by atoms with E-state index in [4.69, 9.17) is 9.47 Å². The summed E-state index contributed by atoms with van der Waals surface area (Å²) in [5.41, 5.74) is 0.820. The van der Waals surface area contributed by atoms with Gasteiger partial charge in [-0.25, -0.2) is 4.79 Å². The standard InChI is InChI=1S/C23H31NO3/c1-22(2,3)27-21(25)24-20-15-23(20,14-18-10-6-4-7-11-18)17-26-16-19-12-8-5-9-13-19/h4-12,19-20H,13-17H2,1-3H3,(H,24,25)/p+1. The summed E-state index contributed by atoms with van der Waals surface area (Å²) in [5, 5.41) is 3.06. The summed E-state index contributed by atoms with van der Waals surface area (Å²) in [7, 11) is 0. The highest BCUT2D eigenvalue weighted by Crippen LogP contribution is 2.49. The second-order valence-corrected chi connectivity index (χ2v) is 8.80. The van der Waals surface area contributed by atoms with E-state index in [1.807, 2.05) is 26.8 Å². The van der Waals surface area contributed by atoms with E-state index in [9.17, 15) is 4.79 Å². The van der Waals surface area contributed by atoms with Gasteiger partial charge >= 0.3 is 6.09 Å². The number of amides is 1. The van der Waals surface area contributed by atoms with Crippen LogP contribution in [0.2, 0.25) is 0 Å². The van der Waals surface area contributed by atoms with Crippen molar-refractivity contribution in [3.05, 3.63) is 60.2 Å². The highest BCUT2D eigenvalue weighted by Gasteiger charge is 2.57. The lowest BCUT2D eigenvalue weighted by molar-refractivity contribution is -0.0792. The SMILES string of the molecule is CC(C)(C)OC(=O)NC1CC1(C[OH+]CC1C=CC=CC1)Cc1ccccc1. The van der Waals surface area contributed by atoms with E-state index in [0.29, 0.717) is 5.92 Å². The molecule has 1 aromatic carbocycles. The molecule has 1 amide bonds. The minimum Gasteiger partial charge on any atom is -0.444 e. The number of rotatable bonds is 7. The van der Waals surface area contributed by atoms with E-state index in [0.717, 1.165) is 32.5 Å². The van der Waals surface area contributed by atoms with Gasteiger partial charge in [-0.2, -0.15) is 0 Å². The molecule has 0 radical (unpaired) electrons. The van der Waals surface area contributed by atoms with Gasteiger partial charge in [0, 0.05) is 12.0 Å². The Morgan fingerprint density at radius 3 is 2.70 bits per heavy atom. The summed E-state index contributed by atoms with van der Waals surface area (Å²) < 4.78 is 10.3. The molecule has 0 heterocycles. The Morgan fingerprint density at radius 1 is 1.26 bits per heavy atom. The van der Waals surface area contributed by atoms with Crippen LogP contribution < -0.4 is 5.32 Å². The Balaban J connectivity index is 1.57. The minimum absolute atomic E-state index is 0.00643. The van der Waals surface area contributed by atoms with E-state index in [1.54, 1.807) is 0 Å². The maximum atomic E-state index is 12.2. The molecule has 2 aliphatic rings. The Kier molecular flexibility index (Phi) is 6.05. The number of hydrogen-bond donors (Lipinski definition) is 1. The van der Waals surface area contributed by atoms with Crippen LogP contribution in [0, 0.1) is 11.3 Å². The van der Waals surface area contributed by atoms with E-state index < -0.39 is 5.60 Å². The molecule has 1 fully saturated rings. The fourth-order valence-electron chi connectivity index (χ4n) is 3.65. The Bertz CT molecular complexity index is 689. The lowest BCUT2D eigenvalue weighted by Gasteiger charge is -2.21. The van der Waals surface area contributed by atoms with Crippen molar-refractivity contribution in [1.29, 1.82) is 0 Å². The van der Waals surface area contributed by atoms with Crippen molar-refractivity contribution in [2.24, 2.45) is 11.3 Å². The Hall–Kier alpha value is -2.07. The summed E-state index contributed by atoms with van der Waals surface area (Å²) in [6.45, 7) is 7.28. The maximum absolute atomic E-state index is 12.2. The van der Waals surface area contributed by atoms with Crippen molar-refractivity contribution in [2.45, 2.75) is 51.7 Å². The van der Waals surface area contributed by atoms with Gasteiger partial charge in [0.2, 0.25) is 0 Å². The number of alkyl carbamates (subject to hydrolysis) is 1. The van der Waals surface area contributed by atoms with Crippen LogP contribution >= 0.6 is 0 Å². The van der Waals surface area contributed by atoms with Gasteiger partial charge in [-0.15, -0.1) is 0 Å². The third kappa shape index (κ3) is 5.96. The quantitative estimate of drug-likeness (QED) is 0.732. The molecule has 4 nitrogen and oxygen atoms in total. The van der Waals surface area contributed by atoms with Crippen molar-refractivity contribution in [3.8, 4) is 0 Å². The highest BCUT2D eigenvalue weighted by atomic mass is 16.6. The van der Waals surface area contributed by atoms with Gasteiger partial charge in [0.25, 0.3) is 0 Å². The van der Waals surface area contributed by atoms with Gasteiger partial charge < -0.3 is 14.8 Å². The summed E-state index contributed by atoms with van der Waals surface area (Å²) in [6.07, 6.45) is 11.2. The van der Waals surface area contributed by atoms with Crippen LogP contribution in [-0.4, -0.2) is 35.7 Å². The van der Waals surface area contributed by atoms with E-state index in [-0.39, 0.29) is 17.6 Å². The van der Waals surface area contributed by atoms with Crippen LogP contribution in [0.5, 0.6) is 0 Å². The molecule has 1 saturated carbocycles. The molecule has 0 saturated heterocycles. The molecule has 4 heteroatoms. The van der Waals surface area contributed by atoms with Gasteiger partial charge in [-0.1, -0.05) is 54.6 Å². The zero-order valence-electron chi connectivity index (χ0n) is 16.7. The molecule has 146 valence electrons. The first-order valence-corrected chi connectivity index (χ1v) is 9.86. The van der Waals surface area contributed by atoms with E-state index >= 15 is 0 Å². The van der Waals surface area contributed by atoms with Crippen molar-refractivity contribution in [2.75, 3.05) is 13.2 Å². The Morgan fingerprint density at radius 2 is 2.04 bits per heavy atom. The molecule has 3 rings (SSSR count). The number of aliphatic hydroxyl groups is 2. The summed E-state index contributed by atoms with van der Waals surface area (Å²) in [6, 6.07) is 10.6. The minimum atomic E-state index is -0.480. The third-order valence-corrected chi connectivity index (χ3v) is 5.14. The van der Waals surface area contributed by atoms with Gasteiger partial charge in [0.05, 0.1) is 5.41 Å². The molecule has 0 aliphatic heterocycles. The first kappa shape index (κ1) is 19.7. The van der Waals surface area contributed by atoms with Gasteiger partial charge in [-0.05, 0) is 45.6 Å². The molecule has 0 spiro atoms. The van der Waals surface area contributed by atoms with Crippen LogP contribution in [0.3, 0.4) is 0 Å². The summed E-state index contributed by atoms with van der Waals surface area (Å²) in [5.74, 6) is 0.500. The number of allylic oxidation sites excluding steroid dienone is 3. The molecule has 2 N–H and O–H groups in total. The number of ether oxygens (including phenoxy) is 2. The predicted octanol–water partition coefficient (Wildman–Crippen LogP) is 4.17. The van der Waals surface area contributed by atoms with Crippen LogP contribution in [0.4, 0.5) is 4.79 Å². The molecular formula is C23H32NO3+. The number of benzene rings is 1. The average Bonchev–Trinajstić information content (AvgIpc) is 3.26. The third-order valence-electron chi connectivity index (χ3n) is 5.14.